The van der Waals surface area contributed by atoms with E-state index in [9.17, 15) is 13.2 Å². The van der Waals surface area contributed by atoms with Gasteiger partial charge in [0.2, 0.25) is 10.0 Å². The van der Waals surface area contributed by atoms with Crippen molar-refractivity contribution in [3.8, 4) is 0 Å². The largest absolute Gasteiger partial charge is 0.348 e. The van der Waals surface area contributed by atoms with Gasteiger partial charge < -0.3 is 5.32 Å². The zero-order valence-electron chi connectivity index (χ0n) is 14.9. The van der Waals surface area contributed by atoms with Gasteiger partial charge in [0.1, 0.15) is 0 Å². The average molecular weight is 364 g/mol. The molecule has 0 fully saturated rings. The molecule has 25 heavy (non-hydrogen) atoms. The normalized spacial score (nSPS) is 12.2. The highest BCUT2D eigenvalue weighted by Gasteiger charge is 2.24. The van der Waals surface area contributed by atoms with Crippen LogP contribution >= 0.6 is 0 Å². The predicted octanol–water partition coefficient (Wildman–Crippen LogP) is 1.91. The molecule has 0 saturated carbocycles. The first-order valence-corrected chi connectivity index (χ1v) is 9.53. The van der Waals surface area contributed by atoms with Crippen molar-refractivity contribution in [3.05, 3.63) is 47.8 Å². The monoisotopic (exact) mass is 364 g/mol. The maximum absolute atomic E-state index is 12.6. The number of carbonyl (C=O) groups is 1. The van der Waals surface area contributed by atoms with Gasteiger partial charge in [-0.05, 0) is 39.3 Å². The van der Waals surface area contributed by atoms with Crippen LogP contribution in [0.2, 0.25) is 0 Å². The molecule has 1 aromatic carbocycles. The Bertz CT molecular complexity index is 851. The van der Waals surface area contributed by atoms with Crippen molar-refractivity contribution in [2.24, 2.45) is 0 Å². The lowest BCUT2D eigenvalue weighted by Crippen LogP contribution is -2.41. The molecule has 0 aliphatic rings. The number of rotatable bonds is 6. The first-order valence-electron chi connectivity index (χ1n) is 8.05. The molecule has 0 bridgehead atoms. The van der Waals surface area contributed by atoms with Crippen LogP contribution in [0.3, 0.4) is 0 Å². The van der Waals surface area contributed by atoms with Gasteiger partial charge in [0.05, 0.1) is 16.7 Å². The summed E-state index contributed by atoms with van der Waals surface area (Å²) in [5.41, 5.74) is 0.370. The summed E-state index contributed by atoms with van der Waals surface area (Å²) < 4.78 is 29.5. The smallest absolute Gasteiger partial charge is 0.254 e. The van der Waals surface area contributed by atoms with E-state index >= 15 is 0 Å². The molecule has 1 aromatic heterocycles. The van der Waals surface area contributed by atoms with Crippen LogP contribution in [0, 0.1) is 0 Å². The van der Waals surface area contributed by atoms with E-state index < -0.39 is 15.6 Å². The standard InChI is InChI=1S/C17H24N4O3S/c1-5-21-12-14(11-19-21)16(22)18-10-13-8-6-7-9-15(13)25(23,24)20-17(2,3)4/h6-9,11-12,20H,5,10H2,1-4H3,(H,18,22). The molecule has 0 aliphatic heterocycles. The van der Waals surface area contributed by atoms with E-state index in [0.29, 0.717) is 17.7 Å². The minimum absolute atomic E-state index is 0.108. The minimum Gasteiger partial charge on any atom is -0.348 e. The van der Waals surface area contributed by atoms with Crippen LogP contribution in [0.1, 0.15) is 43.6 Å². The Balaban J connectivity index is 2.17. The van der Waals surface area contributed by atoms with Gasteiger partial charge in [-0.3, -0.25) is 9.48 Å². The highest BCUT2D eigenvalue weighted by molar-refractivity contribution is 7.89. The molecule has 7 nitrogen and oxygen atoms in total. The quantitative estimate of drug-likeness (QED) is 0.819. The number of carbonyl (C=O) groups excluding carboxylic acids is 1. The second-order valence-corrected chi connectivity index (χ2v) is 8.38. The summed E-state index contributed by atoms with van der Waals surface area (Å²) in [5, 5.41) is 6.80. The van der Waals surface area contributed by atoms with E-state index in [1.165, 1.54) is 12.3 Å². The van der Waals surface area contributed by atoms with Gasteiger partial charge in [0, 0.05) is 24.8 Å². The van der Waals surface area contributed by atoms with E-state index in [4.69, 9.17) is 0 Å². The molecule has 2 aromatic rings. The number of hydrogen-bond donors (Lipinski definition) is 2. The van der Waals surface area contributed by atoms with E-state index in [1.807, 2.05) is 6.92 Å². The molecular formula is C17H24N4O3S. The summed E-state index contributed by atoms with van der Waals surface area (Å²) in [6.45, 7) is 8.04. The highest BCUT2D eigenvalue weighted by atomic mass is 32.2. The summed E-state index contributed by atoms with van der Waals surface area (Å²) in [6.07, 6.45) is 3.14. The lowest BCUT2D eigenvalue weighted by atomic mass is 10.1. The van der Waals surface area contributed by atoms with Gasteiger partial charge in [-0.25, -0.2) is 13.1 Å². The van der Waals surface area contributed by atoms with Crippen LogP contribution in [-0.4, -0.2) is 29.6 Å². The van der Waals surface area contributed by atoms with Crippen molar-refractivity contribution in [2.75, 3.05) is 0 Å². The third-order valence-electron chi connectivity index (χ3n) is 3.36. The first-order chi connectivity index (χ1) is 11.6. The zero-order valence-corrected chi connectivity index (χ0v) is 15.7. The maximum atomic E-state index is 12.6. The van der Waals surface area contributed by atoms with Gasteiger partial charge in [-0.1, -0.05) is 18.2 Å². The molecular weight excluding hydrogens is 340 g/mol. The Kier molecular flexibility index (Phi) is 5.64. The van der Waals surface area contributed by atoms with Crippen molar-refractivity contribution in [1.29, 1.82) is 0 Å². The van der Waals surface area contributed by atoms with Gasteiger partial charge in [-0.2, -0.15) is 5.10 Å². The summed E-state index contributed by atoms with van der Waals surface area (Å²) in [4.78, 5) is 12.4. The number of aryl methyl sites for hydroxylation is 1. The van der Waals surface area contributed by atoms with Crippen LogP contribution in [0.15, 0.2) is 41.6 Å². The number of amides is 1. The van der Waals surface area contributed by atoms with Crippen molar-refractivity contribution in [3.63, 3.8) is 0 Å². The number of aromatic nitrogens is 2. The highest BCUT2D eigenvalue weighted by Crippen LogP contribution is 2.17. The van der Waals surface area contributed by atoms with Gasteiger partial charge in [0.25, 0.3) is 5.91 Å². The Hall–Kier alpha value is -2.19. The van der Waals surface area contributed by atoms with Crippen molar-refractivity contribution < 1.29 is 13.2 Å². The molecule has 8 heteroatoms. The lowest BCUT2D eigenvalue weighted by molar-refractivity contribution is 0.0950. The van der Waals surface area contributed by atoms with E-state index in [1.54, 1.807) is 49.8 Å². The van der Waals surface area contributed by atoms with Crippen LogP contribution in [0.4, 0.5) is 0 Å². The fraction of sp³-hybridized carbons (Fsp3) is 0.412. The SMILES string of the molecule is CCn1cc(C(=O)NCc2ccccc2S(=O)(=O)NC(C)(C)C)cn1. The minimum atomic E-state index is -3.68. The van der Waals surface area contributed by atoms with E-state index in [-0.39, 0.29) is 17.3 Å². The average Bonchev–Trinajstić information content (AvgIpc) is 2.99. The molecule has 0 radical (unpaired) electrons. The predicted molar refractivity (Wildman–Crippen MR) is 95.6 cm³/mol. The Morgan fingerprint density at radius 2 is 1.92 bits per heavy atom. The van der Waals surface area contributed by atoms with Crippen molar-refractivity contribution in [2.45, 2.75) is 51.2 Å². The second-order valence-electron chi connectivity index (χ2n) is 6.73. The van der Waals surface area contributed by atoms with E-state index in [2.05, 4.69) is 15.1 Å². The van der Waals surface area contributed by atoms with Crippen molar-refractivity contribution in [1.82, 2.24) is 19.8 Å². The topological polar surface area (TPSA) is 93.1 Å². The van der Waals surface area contributed by atoms with Gasteiger partial charge in [-0.15, -0.1) is 0 Å². The molecule has 2 N–H and O–H groups in total. The summed E-state index contributed by atoms with van der Waals surface area (Å²) >= 11 is 0. The van der Waals surface area contributed by atoms with E-state index in [0.717, 1.165) is 0 Å². The molecule has 1 amide bonds. The molecule has 0 aliphatic carbocycles. The van der Waals surface area contributed by atoms with Crippen LogP contribution < -0.4 is 10.0 Å². The van der Waals surface area contributed by atoms with Gasteiger partial charge in [0.15, 0.2) is 0 Å². The molecule has 1 heterocycles. The molecule has 136 valence electrons. The summed E-state index contributed by atoms with van der Waals surface area (Å²) in [5.74, 6) is -0.296. The molecule has 0 spiro atoms. The molecule has 0 unspecified atom stereocenters. The Morgan fingerprint density at radius 3 is 2.52 bits per heavy atom. The summed E-state index contributed by atoms with van der Waals surface area (Å²) in [7, 11) is -3.68. The molecule has 0 saturated heterocycles. The summed E-state index contributed by atoms with van der Waals surface area (Å²) in [6, 6.07) is 6.62. The second kappa shape index (κ2) is 7.37. The number of benzene rings is 1. The van der Waals surface area contributed by atoms with Gasteiger partial charge >= 0.3 is 0 Å². The van der Waals surface area contributed by atoms with Crippen LogP contribution in [0.25, 0.3) is 0 Å². The van der Waals surface area contributed by atoms with Crippen molar-refractivity contribution >= 4 is 15.9 Å². The fourth-order valence-corrected chi connectivity index (χ4v) is 3.96. The number of hydrogen-bond acceptors (Lipinski definition) is 4. The van der Waals surface area contributed by atoms with Crippen LogP contribution in [0.5, 0.6) is 0 Å². The Labute approximate surface area is 148 Å². The zero-order chi connectivity index (χ0) is 18.7. The number of nitrogens with zero attached hydrogens (tertiary/aromatic N) is 2. The third kappa shape index (κ3) is 5.14. The molecule has 0 atom stereocenters. The number of nitrogens with one attached hydrogen (secondary N) is 2. The fourth-order valence-electron chi connectivity index (χ4n) is 2.30. The first kappa shape index (κ1) is 19.1. The Morgan fingerprint density at radius 1 is 1.24 bits per heavy atom. The lowest BCUT2D eigenvalue weighted by Gasteiger charge is -2.21. The van der Waals surface area contributed by atoms with Crippen LogP contribution in [-0.2, 0) is 23.1 Å². The number of sulfonamides is 1. The molecule has 2 rings (SSSR count). The maximum Gasteiger partial charge on any atom is 0.254 e. The third-order valence-corrected chi connectivity index (χ3v) is 5.22.